The Morgan fingerprint density at radius 1 is 0.875 bits per heavy atom. The van der Waals surface area contributed by atoms with Gasteiger partial charge in [-0.25, -0.2) is 0 Å². The second-order valence-corrected chi connectivity index (χ2v) is 8.52. The maximum absolute atomic E-state index is 6.05. The number of hydrogen-bond donors (Lipinski definition) is 0. The van der Waals surface area contributed by atoms with E-state index < -0.39 is 8.56 Å². The molecule has 0 radical (unpaired) electrons. The van der Waals surface area contributed by atoms with E-state index >= 15 is 0 Å². The molecule has 0 fully saturated rings. The number of rotatable bonds is 9. The molecule has 0 spiro atoms. The van der Waals surface area contributed by atoms with Crippen LogP contribution in [0, 0.1) is 0 Å². The van der Waals surface area contributed by atoms with Gasteiger partial charge in [0.25, 0.3) is 0 Å². The zero-order chi connectivity index (χ0) is 12.6. The van der Waals surface area contributed by atoms with E-state index in [4.69, 9.17) is 8.85 Å². The Kier molecular flexibility index (Phi) is 8.33. The van der Waals surface area contributed by atoms with E-state index in [1.807, 2.05) is 0 Å². The molecule has 2 nitrogen and oxygen atoms in total. The molecule has 0 amide bonds. The highest BCUT2D eigenvalue weighted by Gasteiger charge is 2.33. The SMILES string of the molecule is CCCCCC[Si](C)(OC(C)C)OC(C)C. The summed E-state index contributed by atoms with van der Waals surface area (Å²) in [7, 11) is -1.93. The van der Waals surface area contributed by atoms with Gasteiger partial charge >= 0.3 is 8.56 Å². The Bertz CT molecular complexity index is 159. The lowest BCUT2D eigenvalue weighted by Crippen LogP contribution is -2.42. The van der Waals surface area contributed by atoms with Gasteiger partial charge in [-0.05, 0) is 40.3 Å². The zero-order valence-electron chi connectivity index (χ0n) is 12.0. The van der Waals surface area contributed by atoms with Crippen molar-refractivity contribution in [3.05, 3.63) is 0 Å². The first-order chi connectivity index (χ1) is 7.39. The lowest BCUT2D eigenvalue weighted by molar-refractivity contribution is 0.109. The molecule has 0 saturated carbocycles. The molecule has 0 aliphatic carbocycles. The van der Waals surface area contributed by atoms with Gasteiger partial charge < -0.3 is 8.85 Å². The molecule has 0 atom stereocenters. The first-order valence-corrected chi connectivity index (χ1v) is 9.27. The van der Waals surface area contributed by atoms with Crippen molar-refractivity contribution in [2.24, 2.45) is 0 Å². The molecule has 0 aliphatic heterocycles. The third-order valence-electron chi connectivity index (χ3n) is 2.45. The molecule has 0 aromatic carbocycles. The summed E-state index contributed by atoms with van der Waals surface area (Å²) in [6.45, 7) is 12.8. The molecule has 0 heterocycles. The molecule has 0 rings (SSSR count). The molecule has 0 bridgehead atoms. The van der Waals surface area contributed by atoms with E-state index in [1.165, 1.54) is 25.7 Å². The van der Waals surface area contributed by atoms with Crippen molar-refractivity contribution in [3.63, 3.8) is 0 Å². The van der Waals surface area contributed by atoms with E-state index in [0.29, 0.717) is 0 Å². The minimum atomic E-state index is -1.93. The van der Waals surface area contributed by atoms with E-state index in [1.54, 1.807) is 0 Å². The van der Waals surface area contributed by atoms with Crippen molar-refractivity contribution in [2.45, 2.75) is 85.1 Å². The van der Waals surface area contributed by atoms with Crippen LogP contribution < -0.4 is 0 Å². The summed E-state index contributed by atoms with van der Waals surface area (Å²) in [5.74, 6) is 0. The van der Waals surface area contributed by atoms with E-state index in [9.17, 15) is 0 Å². The second kappa shape index (κ2) is 8.26. The molecule has 0 unspecified atom stereocenters. The van der Waals surface area contributed by atoms with E-state index in [2.05, 4.69) is 41.2 Å². The van der Waals surface area contributed by atoms with Gasteiger partial charge in [-0.3, -0.25) is 0 Å². The van der Waals surface area contributed by atoms with Gasteiger partial charge in [0.15, 0.2) is 0 Å². The van der Waals surface area contributed by atoms with Gasteiger partial charge in [0, 0.05) is 12.2 Å². The molecule has 0 N–H and O–H groups in total. The van der Waals surface area contributed by atoms with Gasteiger partial charge in [-0.15, -0.1) is 0 Å². The molecular formula is C13H30O2Si. The summed E-state index contributed by atoms with van der Waals surface area (Å²) < 4.78 is 12.1. The van der Waals surface area contributed by atoms with Crippen molar-refractivity contribution in [1.82, 2.24) is 0 Å². The average molecular weight is 246 g/mol. The summed E-state index contributed by atoms with van der Waals surface area (Å²) in [4.78, 5) is 0. The molecule has 3 heteroatoms. The van der Waals surface area contributed by atoms with Crippen LogP contribution in [0.2, 0.25) is 12.6 Å². The highest BCUT2D eigenvalue weighted by Crippen LogP contribution is 2.21. The summed E-state index contributed by atoms with van der Waals surface area (Å²) in [6, 6.07) is 1.13. The summed E-state index contributed by atoms with van der Waals surface area (Å²) >= 11 is 0. The molecule has 0 aliphatic rings. The Balaban J connectivity index is 4.08. The van der Waals surface area contributed by atoms with Crippen LogP contribution in [0.4, 0.5) is 0 Å². The van der Waals surface area contributed by atoms with Gasteiger partial charge in [0.05, 0.1) is 0 Å². The fourth-order valence-electron chi connectivity index (χ4n) is 2.02. The highest BCUT2D eigenvalue weighted by atomic mass is 28.4. The topological polar surface area (TPSA) is 18.5 Å². The number of hydrogen-bond acceptors (Lipinski definition) is 2. The molecule has 0 aromatic rings. The van der Waals surface area contributed by atoms with Crippen molar-refractivity contribution >= 4 is 8.56 Å². The van der Waals surface area contributed by atoms with Crippen LogP contribution in [-0.2, 0) is 8.85 Å². The van der Waals surface area contributed by atoms with Crippen molar-refractivity contribution in [1.29, 1.82) is 0 Å². The van der Waals surface area contributed by atoms with Crippen molar-refractivity contribution in [3.8, 4) is 0 Å². The van der Waals surface area contributed by atoms with Gasteiger partial charge in [0.1, 0.15) is 0 Å². The fraction of sp³-hybridized carbons (Fsp3) is 1.00. The van der Waals surface area contributed by atoms with Gasteiger partial charge in [0.2, 0.25) is 0 Å². The minimum Gasteiger partial charge on any atom is -0.392 e. The van der Waals surface area contributed by atoms with Crippen molar-refractivity contribution in [2.75, 3.05) is 0 Å². The van der Waals surface area contributed by atoms with Gasteiger partial charge in [-0.1, -0.05) is 32.6 Å². The molecule has 0 saturated heterocycles. The smallest absolute Gasteiger partial charge is 0.335 e. The summed E-state index contributed by atoms with van der Waals surface area (Å²) in [5.41, 5.74) is 0. The first-order valence-electron chi connectivity index (χ1n) is 6.75. The van der Waals surface area contributed by atoms with Crippen LogP contribution in [0.5, 0.6) is 0 Å². The molecule has 16 heavy (non-hydrogen) atoms. The van der Waals surface area contributed by atoms with Crippen LogP contribution in [0.15, 0.2) is 0 Å². The molecular weight excluding hydrogens is 216 g/mol. The largest absolute Gasteiger partial charge is 0.392 e. The van der Waals surface area contributed by atoms with Crippen LogP contribution >= 0.6 is 0 Å². The normalized spacial score (nSPS) is 12.8. The predicted molar refractivity (Wildman–Crippen MR) is 73.0 cm³/mol. The Morgan fingerprint density at radius 3 is 1.75 bits per heavy atom. The van der Waals surface area contributed by atoms with Crippen molar-refractivity contribution < 1.29 is 8.85 Å². The molecule has 0 aromatic heterocycles. The standard InChI is InChI=1S/C13H30O2Si/c1-7-8-9-10-11-16(6,14-12(2)3)15-13(4)5/h12-13H,7-11H2,1-6H3. The van der Waals surface area contributed by atoms with Crippen LogP contribution in [0.3, 0.4) is 0 Å². The summed E-state index contributed by atoms with van der Waals surface area (Å²) in [5, 5.41) is 0. The monoisotopic (exact) mass is 246 g/mol. The lowest BCUT2D eigenvalue weighted by Gasteiger charge is -2.31. The highest BCUT2D eigenvalue weighted by molar-refractivity contribution is 6.66. The first kappa shape index (κ1) is 16.1. The average Bonchev–Trinajstić information content (AvgIpc) is 2.09. The Labute approximate surface area is 103 Å². The van der Waals surface area contributed by atoms with Crippen LogP contribution in [0.1, 0.15) is 60.3 Å². The van der Waals surface area contributed by atoms with Crippen LogP contribution in [-0.4, -0.2) is 20.8 Å². The quantitative estimate of drug-likeness (QED) is 0.441. The molecule has 98 valence electrons. The Morgan fingerprint density at radius 2 is 1.38 bits per heavy atom. The van der Waals surface area contributed by atoms with E-state index in [0.717, 1.165) is 6.04 Å². The third kappa shape index (κ3) is 8.31. The minimum absolute atomic E-state index is 0.279. The summed E-state index contributed by atoms with van der Waals surface area (Å²) in [6.07, 6.45) is 5.73. The third-order valence-corrected chi connectivity index (χ3v) is 5.66. The maximum Gasteiger partial charge on any atom is 0.335 e. The fourth-order valence-corrected chi connectivity index (χ4v) is 5.19. The maximum atomic E-state index is 6.05. The second-order valence-electron chi connectivity index (χ2n) is 5.28. The number of unbranched alkanes of at least 4 members (excludes halogenated alkanes) is 3. The van der Waals surface area contributed by atoms with E-state index in [-0.39, 0.29) is 12.2 Å². The lowest BCUT2D eigenvalue weighted by atomic mass is 10.2. The zero-order valence-corrected chi connectivity index (χ0v) is 13.0. The van der Waals surface area contributed by atoms with Gasteiger partial charge in [-0.2, -0.15) is 0 Å². The predicted octanol–water partition coefficient (Wildman–Crippen LogP) is 4.49. The van der Waals surface area contributed by atoms with Crippen LogP contribution in [0.25, 0.3) is 0 Å². The Hall–Kier alpha value is 0.137.